The predicted molar refractivity (Wildman–Crippen MR) is 93.6 cm³/mol. The number of carboxylic acids is 1. The number of hydrogen-bond donors (Lipinski definition) is 2. The Morgan fingerprint density at radius 2 is 1.96 bits per heavy atom. The van der Waals surface area contributed by atoms with Crippen LogP contribution in [0.4, 0.5) is 0 Å². The largest absolute Gasteiger partial charge is 0.491 e. The van der Waals surface area contributed by atoms with Crippen LogP contribution in [0.2, 0.25) is 0 Å². The molecule has 1 aromatic rings. The van der Waals surface area contributed by atoms with Gasteiger partial charge in [-0.2, -0.15) is 0 Å². The number of hydrogen-bond acceptors (Lipinski definition) is 4. The van der Waals surface area contributed by atoms with Crippen molar-refractivity contribution >= 4 is 11.9 Å². The van der Waals surface area contributed by atoms with Crippen LogP contribution < -0.4 is 10.1 Å². The fraction of sp³-hybridized carbons (Fsp3) is 0.579. The Kier molecular flexibility index (Phi) is 7.25. The number of para-hydroxylation sites is 1. The van der Waals surface area contributed by atoms with E-state index in [1.54, 1.807) is 0 Å². The molecule has 6 nitrogen and oxygen atoms in total. The molecule has 25 heavy (non-hydrogen) atoms. The number of amides is 1. The number of carboxylic acid groups (broad SMARTS) is 1. The van der Waals surface area contributed by atoms with Gasteiger partial charge in [0.2, 0.25) is 5.91 Å². The maximum absolute atomic E-state index is 12.3. The van der Waals surface area contributed by atoms with Gasteiger partial charge in [-0.25, -0.2) is 0 Å². The first kappa shape index (κ1) is 19.2. The van der Waals surface area contributed by atoms with Gasteiger partial charge < -0.3 is 19.9 Å². The molecule has 1 aliphatic rings. The van der Waals surface area contributed by atoms with Gasteiger partial charge in [0.25, 0.3) is 0 Å². The van der Waals surface area contributed by atoms with Gasteiger partial charge >= 0.3 is 5.97 Å². The maximum atomic E-state index is 12.3. The first-order chi connectivity index (χ1) is 12.0. The van der Waals surface area contributed by atoms with Crippen LogP contribution in [0.15, 0.2) is 24.3 Å². The minimum absolute atomic E-state index is 0.0223. The summed E-state index contributed by atoms with van der Waals surface area (Å²) in [6.07, 6.45) is 1.63. The van der Waals surface area contributed by atoms with E-state index < -0.39 is 11.9 Å². The second kappa shape index (κ2) is 9.42. The third kappa shape index (κ3) is 6.05. The van der Waals surface area contributed by atoms with Gasteiger partial charge in [0.1, 0.15) is 5.75 Å². The monoisotopic (exact) mass is 349 g/mol. The van der Waals surface area contributed by atoms with E-state index in [0.29, 0.717) is 19.0 Å². The molecule has 1 aromatic carbocycles. The molecule has 6 heteroatoms. The van der Waals surface area contributed by atoms with E-state index in [0.717, 1.165) is 18.4 Å². The molecule has 0 bridgehead atoms. The third-order valence-electron chi connectivity index (χ3n) is 4.36. The van der Waals surface area contributed by atoms with E-state index >= 15 is 0 Å². The highest BCUT2D eigenvalue weighted by Gasteiger charge is 2.30. The lowest BCUT2D eigenvalue weighted by atomic mass is 9.86. The molecule has 0 spiro atoms. The molecule has 2 N–H and O–H groups in total. The predicted octanol–water partition coefficient (Wildman–Crippen LogP) is 2.26. The SMILES string of the molecule is CC(C)Oc1ccccc1CC(=O)NCC(C(=O)O)C1CCOCC1. The summed E-state index contributed by atoms with van der Waals surface area (Å²) in [4.78, 5) is 23.8. The number of carbonyl (C=O) groups is 2. The van der Waals surface area contributed by atoms with Crippen molar-refractivity contribution in [2.75, 3.05) is 19.8 Å². The van der Waals surface area contributed by atoms with Gasteiger partial charge in [0, 0.05) is 25.3 Å². The smallest absolute Gasteiger partial charge is 0.308 e. The number of benzene rings is 1. The molecule has 1 atom stereocenters. The molecule has 0 aromatic heterocycles. The lowest BCUT2D eigenvalue weighted by Crippen LogP contribution is -2.39. The van der Waals surface area contributed by atoms with Crippen molar-refractivity contribution in [3.63, 3.8) is 0 Å². The molecule has 0 saturated carbocycles. The minimum Gasteiger partial charge on any atom is -0.491 e. The van der Waals surface area contributed by atoms with Gasteiger partial charge in [-0.05, 0) is 38.7 Å². The fourth-order valence-corrected chi connectivity index (χ4v) is 3.05. The van der Waals surface area contributed by atoms with Crippen LogP contribution in [0, 0.1) is 11.8 Å². The number of rotatable bonds is 8. The van der Waals surface area contributed by atoms with Gasteiger partial charge in [-0.15, -0.1) is 0 Å². The molecule has 1 fully saturated rings. The van der Waals surface area contributed by atoms with Crippen LogP contribution >= 0.6 is 0 Å². The van der Waals surface area contributed by atoms with Crippen molar-refractivity contribution in [2.45, 2.75) is 39.2 Å². The van der Waals surface area contributed by atoms with Crippen molar-refractivity contribution in [3.8, 4) is 5.75 Å². The Morgan fingerprint density at radius 3 is 2.60 bits per heavy atom. The lowest BCUT2D eigenvalue weighted by Gasteiger charge is -2.27. The Morgan fingerprint density at radius 1 is 1.28 bits per heavy atom. The third-order valence-corrected chi connectivity index (χ3v) is 4.36. The first-order valence-electron chi connectivity index (χ1n) is 8.79. The second-order valence-electron chi connectivity index (χ2n) is 6.65. The van der Waals surface area contributed by atoms with Crippen LogP contribution in [-0.4, -0.2) is 42.8 Å². The summed E-state index contributed by atoms with van der Waals surface area (Å²) >= 11 is 0. The van der Waals surface area contributed by atoms with E-state index in [2.05, 4.69) is 5.32 Å². The van der Waals surface area contributed by atoms with E-state index in [1.807, 2.05) is 38.1 Å². The zero-order valence-electron chi connectivity index (χ0n) is 14.9. The number of ether oxygens (including phenoxy) is 2. The molecular weight excluding hydrogens is 322 g/mol. The zero-order valence-corrected chi connectivity index (χ0v) is 14.9. The lowest BCUT2D eigenvalue weighted by molar-refractivity contribution is -0.144. The summed E-state index contributed by atoms with van der Waals surface area (Å²) in [7, 11) is 0. The summed E-state index contributed by atoms with van der Waals surface area (Å²) in [6, 6.07) is 7.41. The molecule has 1 saturated heterocycles. The average Bonchev–Trinajstić information content (AvgIpc) is 2.57. The number of nitrogens with one attached hydrogen (secondary N) is 1. The Labute approximate surface area is 148 Å². The van der Waals surface area contributed by atoms with Crippen molar-refractivity contribution in [1.29, 1.82) is 0 Å². The summed E-state index contributed by atoms with van der Waals surface area (Å²) < 4.78 is 11.0. The molecular formula is C19H27NO5. The summed E-state index contributed by atoms with van der Waals surface area (Å²) in [6.45, 7) is 5.18. The van der Waals surface area contributed by atoms with Crippen molar-refractivity contribution in [1.82, 2.24) is 5.32 Å². The summed E-state index contributed by atoms with van der Waals surface area (Å²) in [5.74, 6) is -0.904. The molecule has 0 radical (unpaired) electrons. The number of carbonyl (C=O) groups excluding carboxylic acids is 1. The van der Waals surface area contributed by atoms with Crippen LogP contribution in [0.25, 0.3) is 0 Å². The maximum Gasteiger partial charge on any atom is 0.308 e. The molecule has 138 valence electrons. The standard InChI is InChI=1S/C19H27NO5/c1-13(2)25-17-6-4-3-5-15(17)11-18(21)20-12-16(19(22)23)14-7-9-24-10-8-14/h3-6,13-14,16H,7-12H2,1-2H3,(H,20,21)(H,22,23). The average molecular weight is 349 g/mol. The van der Waals surface area contributed by atoms with E-state index in [1.165, 1.54) is 0 Å². The van der Waals surface area contributed by atoms with E-state index in [9.17, 15) is 14.7 Å². The summed E-state index contributed by atoms with van der Waals surface area (Å²) in [5.41, 5.74) is 0.798. The Balaban J connectivity index is 1.92. The van der Waals surface area contributed by atoms with Crippen molar-refractivity contribution < 1.29 is 24.2 Å². The molecule has 1 unspecified atom stereocenters. The highest BCUT2D eigenvalue weighted by Crippen LogP contribution is 2.24. The highest BCUT2D eigenvalue weighted by atomic mass is 16.5. The van der Waals surface area contributed by atoms with Gasteiger partial charge in [-0.1, -0.05) is 18.2 Å². The quantitative estimate of drug-likeness (QED) is 0.752. The highest BCUT2D eigenvalue weighted by molar-refractivity contribution is 5.80. The van der Waals surface area contributed by atoms with Crippen molar-refractivity contribution in [3.05, 3.63) is 29.8 Å². The Bertz CT molecular complexity index is 581. The molecule has 1 amide bonds. The van der Waals surface area contributed by atoms with Gasteiger partial charge in [0.15, 0.2) is 0 Å². The number of aliphatic carboxylic acids is 1. The molecule has 1 heterocycles. The topological polar surface area (TPSA) is 84.9 Å². The van der Waals surface area contributed by atoms with Crippen LogP contribution in [0.3, 0.4) is 0 Å². The van der Waals surface area contributed by atoms with Crippen LogP contribution in [0.1, 0.15) is 32.3 Å². The van der Waals surface area contributed by atoms with Crippen LogP contribution in [-0.2, 0) is 20.7 Å². The molecule has 0 aliphatic carbocycles. The minimum atomic E-state index is -0.865. The van der Waals surface area contributed by atoms with Crippen LogP contribution in [0.5, 0.6) is 5.75 Å². The second-order valence-corrected chi connectivity index (χ2v) is 6.65. The van der Waals surface area contributed by atoms with E-state index in [-0.39, 0.29) is 30.9 Å². The van der Waals surface area contributed by atoms with E-state index in [4.69, 9.17) is 9.47 Å². The van der Waals surface area contributed by atoms with Gasteiger partial charge in [-0.3, -0.25) is 9.59 Å². The van der Waals surface area contributed by atoms with Gasteiger partial charge in [0.05, 0.1) is 18.4 Å². The first-order valence-corrected chi connectivity index (χ1v) is 8.79. The zero-order chi connectivity index (χ0) is 18.2. The van der Waals surface area contributed by atoms with Crippen molar-refractivity contribution in [2.24, 2.45) is 11.8 Å². The fourth-order valence-electron chi connectivity index (χ4n) is 3.05. The molecule has 1 aliphatic heterocycles. The molecule has 2 rings (SSSR count). The summed E-state index contributed by atoms with van der Waals surface area (Å²) in [5, 5.41) is 12.2. The normalized spacial score (nSPS) is 16.4. The Hall–Kier alpha value is -2.08.